The highest BCUT2D eigenvalue weighted by Crippen LogP contribution is 2.23. The summed E-state index contributed by atoms with van der Waals surface area (Å²) in [6, 6.07) is 0. The average molecular weight is 219 g/mol. The van der Waals surface area contributed by atoms with Gasteiger partial charge in [-0.05, 0) is 13.8 Å². The van der Waals surface area contributed by atoms with Crippen molar-refractivity contribution in [1.29, 1.82) is 0 Å². The maximum absolute atomic E-state index is 11.7. The molecule has 0 aliphatic carbocycles. The van der Waals surface area contributed by atoms with Gasteiger partial charge in [0, 0.05) is 20.1 Å². The van der Waals surface area contributed by atoms with E-state index in [4.69, 9.17) is 5.73 Å². The van der Waals surface area contributed by atoms with Crippen LogP contribution in [0.2, 0.25) is 0 Å². The van der Waals surface area contributed by atoms with Crippen LogP contribution in [-0.4, -0.2) is 49.9 Å². The van der Waals surface area contributed by atoms with Crippen LogP contribution < -0.4 is 5.73 Å². The van der Waals surface area contributed by atoms with Crippen molar-refractivity contribution in [2.45, 2.75) is 18.6 Å². The second-order valence-electron chi connectivity index (χ2n) is 4.08. The van der Waals surface area contributed by atoms with Crippen LogP contribution in [0.25, 0.3) is 0 Å². The van der Waals surface area contributed by atoms with Gasteiger partial charge in [-0.2, -0.15) is 0 Å². The summed E-state index contributed by atoms with van der Waals surface area (Å²) in [5.41, 5.74) is 5.64. The fourth-order valence-corrected chi connectivity index (χ4v) is 2.85. The van der Waals surface area contributed by atoms with Gasteiger partial charge in [-0.3, -0.25) is 4.99 Å². The van der Waals surface area contributed by atoms with Crippen molar-refractivity contribution in [2.24, 2.45) is 10.7 Å². The van der Waals surface area contributed by atoms with Crippen LogP contribution in [-0.2, 0) is 9.84 Å². The Balaban J connectivity index is 2.89. The van der Waals surface area contributed by atoms with Crippen molar-refractivity contribution in [3.05, 3.63) is 0 Å². The third-order valence-corrected chi connectivity index (χ3v) is 5.13. The van der Waals surface area contributed by atoms with Gasteiger partial charge < -0.3 is 10.6 Å². The van der Waals surface area contributed by atoms with Crippen LogP contribution >= 0.6 is 0 Å². The lowest BCUT2D eigenvalue weighted by Crippen LogP contribution is -2.56. The van der Waals surface area contributed by atoms with Crippen LogP contribution in [0.3, 0.4) is 0 Å². The standard InChI is InChI=1S/C8H17N3O2S/c1-8(2)6-11(7(9)10-3)4-5-14(8,12)13/h4-6H2,1-3H3,(H2,9,10). The Labute approximate surface area is 84.9 Å². The molecule has 2 N–H and O–H groups in total. The van der Waals surface area contributed by atoms with E-state index in [9.17, 15) is 8.42 Å². The summed E-state index contributed by atoms with van der Waals surface area (Å²) in [4.78, 5) is 5.66. The Kier molecular flexibility index (Phi) is 2.76. The third-order valence-electron chi connectivity index (χ3n) is 2.60. The van der Waals surface area contributed by atoms with Gasteiger partial charge in [0.2, 0.25) is 0 Å². The lowest BCUT2D eigenvalue weighted by Gasteiger charge is -2.37. The highest BCUT2D eigenvalue weighted by atomic mass is 32.2. The maximum atomic E-state index is 11.7. The molecule has 0 atom stereocenters. The number of guanidine groups is 1. The lowest BCUT2D eigenvalue weighted by atomic mass is 10.2. The molecule has 82 valence electrons. The highest BCUT2D eigenvalue weighted by molar-refractivity contribution is 7.92. The van der Waals surface area contributed by atoms with Crippen molar-refractivity contribution >= 4 is 15.8 Å². The molecule has 0 saturated carbocycles. The topological polar surface area (TPSA) is 75.8 Å². The quantitative estimate of drug-likeness (QED) is 0.438. The monoisotopic (exact) mass is 219 g/mol. The largest absolute Gasteiger partial charge is 0.370 e. The zero-order chi connectivity index (χ0) is 11.0. The molecule has 5 nitrogen and oxygen atoms in total. The number of nitrogens with two attached hydrogens (primary N) is 1. The van der Waals surface area contributed by atoms with Crippen molar-refractivity contribution in [2.75, 3.05) is 25.9 Å². The van der Waals surface area contributed by atoms with Crippen LogP contribution in [0.15, 0.2) is 4.99 Å². The number of nitrogens with zero attached hydrogens (tertiary/aromatic N) is 2. The molecule has 1 fully saturated rings. The van der Waals surface area contributed by atoms with E-state index in [0.717, 1.165) is 0 Å². The Morgan fingerprint density at radius 2 is 2.07 bits per heavy atom. The van der Waals surface area contributed by atoms with Gasteiger partial charge in [0.15, 0.2) is 15.8 Å². The number of rotatable bonds is 0. The maximum Gasteiger partial charge on any atom is 0.191 e. The molecule has 14 heavy (non-hydrogen) atoms. The fraction of sp³-hybridized carbons (Fsp3) is 0.875. The predicted octanol–water partition coefficient (Wildman–Crippen LogP) is -0.560. The molecule has 1 aliphatic rings. The molecule has 1 heterocycles. The van der Waals surface area contributed by atoms with Crippen molar-refractivity contribution in [3.63, 3.8) is 0 Å². The first-order chi connectivity index (χ1) is 6.30. The molecule has 1 saturated heterocycles. The molecule has 1 aliphatic heterocycles. The van der Waals surface area contributed by atoms with E-state index in [1.54, 1.807) is 25.8 Å². The summed E-state index contributed by atoms with van der Waals surface area (Å²) in [7, 11) is -1.39. The van der Waals surface area contributed by atoms with E-state index in [2.05, 4.69) is 4.99 Å². The molecule has 0 bridgehead atoms. The number of sulfone groups is 1. The van der Waals surface area contributed by atoms with E-state index in [-0.39, 0.29) is 5.75 Å². The first-order valence-corrected chi connectivity index (χ1v) is 6.15. The van der Waals surface area contributed by atoms with Crippen LogP contribution in [0.5, 0.6) is 0 Å². The van der Waals surface area contributed by atoms with Gasteiger partial charge in [-0.1, -0.05) is 0 Å². The first kappa shape index (κ1) is 11.3. The summed E-state index contributed by atoms with van der Waals surface area (Å²) in [6.07, 6.45) is 0. The third kappa shape index (κ3) is 1.84. The molecule has 0 aromatic rings. The molecule has 0 amide bonds. The molecule has 0 unspecified atom stereocenters. The zero-order valence-electron chi connectivity index (χ0n) is 8.82. The normalized spacial score (nSPS) is 26.2. The molecule has 0 aromatic carbocycles. The molecule has 0 radical (unpaired) electrons. The number of aliphatic imine (C=N–C) groups is 1. The Morgan fingerprint density at radius 3 is 2.50 bits per heavy atom. The summed E-state index contributed by atoms with van der Waals surface area (Å²) >= 11 is 0. The first-order valence-electron chi connectivity index (χ1n) is 4.50. The van der Waals surface area contributed by atoms with E-state index in [1.165, 1.54) is 0 Å². The average Bonchev–Trinajstić information content (AvgIpc) is 2.08. The molecule has 0 aromatic heterocycles. The van der Waals surface area contributed by atoms with Crippen LogP contribution in [0.4, 0.5) is 0 Å². The zero-order valence-corrected chi connectivity index (χ0v) is 9.63. The minimum Gasteiger partial charge on any atom is -0.370 e. The van der Waals surface area contributed by atoms with Crippen molar-refractivity contribution < 1.29 is 8.42 Å². The van der Waals surface area contributed by atoms with Crippen LogP contribution in [0, 0.1) is 0 Å². The Bertz CT molecular complexity index is 346. The smallest absolute Gasteiger partial charge is 0.191 e. The van der Waals surface area contributed by atoms with E-state index in [1.807, 2.05) is 0 Å². The highest BCUT2D eigenvalue weighted by Gasteiger charge is 2.40. The molecule has 0 spiro atoms. The SMILES string of the molecule is CN=C(N)N1CCS(=O)(=O)C(C)(C)C1. The van der Waals surface area contributed by atoms with Crippen molar-refractivity contribution in [1.82, 2.24) is 4.90 Å². The fourth-order valence-electron chi connectivity index (χ4n) is 1.48. The minimum absolute atomic E-state index is 0.149. The molecular weight excluding hydrogens is 202 g/mol. The Hall–Kier alpha value is -0.780. The van der Waals surface area contributed by atoms with Gasteiger partial charge >= 0.3 is 0 Å². The predicted molar refractivity (Wildman–Crippen MR) is 57.0 cm³/mol. The van der Waals surface area contributed by atoms with Gasteiger partial charge in [-0.25, -0.2) is 8.42 Å². The van der Waals surface area contributed by atoms with Gasteiger partial charge in [-0.15, -0.1) is 0 Å². The van der Waals surface area contributed by atoms with E-state index >= 15 is 0 Å². The molecular formula is C8H17N3O2S. The van der Waals surface area contributed by atoms with Gasteiger partial charge in [0.1, 0.15) is 0 Å². The van der Waals surface area contributed by atoms with Crippen molar-refractivity contribution in [3.8, 4) is 0 Å². The Morgan fingerprint density at radius 1 is 1.50 bits per heavy atom. The lowest BCUT2D eigenvalue weighted by molar-refractivity contribution is 0.360. The van der Waals surface area contributed by atoms with E-state index in [0.29, 0.717) is 19.0 Å². The number of hydrogen-bond acceptors (Lipinski definition) is 3. The van der Waals surface area contributed by atoms with Crippen LogP contribution in [0.1, 0.15) is 13.8 Å². The number of hydrogen-bond donors (Lipinski definition) is 1. The summed E-state index contributed by atoms with van der Waals surface area (Å²) in [6.45, 7) is 4.29. The summed E-state index contributed by atoms with van der Waals surface area (Å²) in [5, 5.41) is 0. The molecule has 1 rings (SSSR count). The summed E-state index contributed by atoms with van der Waals surface area (Å²) < 4.78 is 22.6. The summed E-state index contributed by atoms with van der Waals surface area (Å²) in [5.74, 6) is 0.559. The van der Waals surface area contributed by atoms with E-state index < -0.39 is 14.6 Å². The van der Waals surface area contributed by atoms with Gasteiger partial charge in [0.05, 0.1) is 10.5 Å². The minimum atomic E-state index is -2.99. The second-order valence-corrected chi connectivity index (χ2v) is 6.82. The molecule has 6 heteroatoms. The second kappa shape index (κ2) is 3.42. The van der Waals surface area contributed by atoms with Gasteiger partial charge in [0.25, 0.3) is 0 Å².